The van der Waals surface area contributed by atoms with Gasteiger partial charge in [0.25, 0.3) is 0 Å². The van der Waals surface area contributed by atoms with Crippen LogP contribution in [-0.2, 0) is 0 Å². The van der Waals surface area contributed by atoms with Crippen LogP contribution in [0.3, 0.4) is 0 Å². The van der Waals surface area contributed by atoms with Crippen molar-refractivity contribution >= 4 is 5.78 Å². The van der Waals surface area contributed by atoms with Crippen LogP contribution in [0.2, 0.25) is 0 Å². The normalized spacial score (nSPS) is 11.9. The summed E-state index contributed by atoms with van der Waals surface area (Å²) in [6.45, 7) is 2.73. The van der Waals surface area contributed by atoms with Crippen LogP contribution in [-0.4, -0.2) is 12.4 Å². The molecule has 0 aromatic heterocycles. The number of hydrogen-bond donors (Lipinski definition) is 1. The van der Waals surface area contributed by atoms with E-state index >= 15 is 0 Å². The summed E-state index contributed by atoms with van der Waals surface area (Å²) in [5.74, 6) is 0.690. The molecule has 0 saturated heterocycles. The Bertz CT molecular complexity index is 549. The largest absolute Gasteiger partial charge is 0.494 e. The molecule has 20 heavy (non-hydrogen) atoms. The number of hydrogen-bond acceptors (Lipinski definition) is 3. The molecule has 0 spiro atoms. The van der Waals surface area contributed by atoms with Crippen molar-refractivity contribution in [2.45, 2.75) is 19.4 Å². The Labute approximate surface area is 119 Å². The lowest BCUT2D eigenvalue weighted by atomic mass is 9.98. The standard InChI is InChI=1S/C17H19NO2/c1-2-12-20-15-10-8-14(9-11-15)17(19)16(18)13-6-4-3-5-7-13/h3-11,16H,2,12,18H2,1H3/t16-/m1/s1. The molecule has 3 heteroatoms. The van der Waals surface area contributed by atoms with E-state index in [1.54, 1.807) is 24.3 Å². The summed E-state index contributed by atoms with van der Waals surface area (Å²) in [7, 11) is 0. The Kier molecular flexibility index (Phi) is 4.91. The second kappa shape index (κ2) is 6.87. The maximum Gasteiger partial charge on any atom is 0.184 e. The first-order valence-corrected chi connectivity index (χ1v) is 6.80. The summed E-state index contributed by atoms with van der Waals surface area (Å²) in [4.78, 5) is 12.3. The van der Waals surface area contributed by atoms with E-state index in [4.69, 9.17) is 10.5 Å². The predicted octanol–water partition coefficient (Wildman–Crippen LogP) is 3.36. The van der Waals surface area contributed by atoms with Gasteiger partial charge >= 0.3 is 0 Å². The van der Waals surface area contributed by atoms with Crippen LogP contribution in [0.5, 0.6) is 5.75 Å². The average molecular weight is 269 g/mol. The van der Waals surface area contributed by atoms with Crippen molar-refractivity contribution in [3.05, 3.63) is 65.7 Å². The molecular weight excluding hydrogens is 250 g/mol. The number of rotatable bonds is 6. The molecule has 0 aliphatic rings. The molecule has 0 fully saturated rings. The van der Waals surface area contributed by atoms with E-state index < -0.39 is 6.04 Å². The number of benzene rings is 2. The smallest absolute Gasteiger partial charge is 0.184 e. The molecule has 104 valence electrons. The molecule has 2 N–H and O–H groups in total. The topological polar surface area (TPSA) is 52.3 Å². The van der Waals surface area contributed by atoms with E-state index in [1.807, 2.05) is 30.3 Å². The van der Waals surface area contributed by atoms with Gasteiger partial charge in [-0.15, -0.1) is 0 Å². The summed E-state index contributed by atoms with van der Waals surface area (Å²) < 4.78 is 5.49. The highest BCUT2D eigenvalue weighted by atomic mass is 16.5. The highest BCUT2D eigenvalue weighted by Crippen LogP contribution is 2.18. The molecule has 0 aliphatic heterocycles. The van der Waals surface area contributed by atoms with Crippen molar-refractivity contribution in [2.75, 3.05) is 6.61 Å². The minimum absolute atomic E-state index is 0.0850. The molecule has 2 aromatic carbocycles. The van der Waals surface area contributed by atoms with Crippen molar-refractivity contribution in [2.24, 2.45) is 5.73 Å². The van der Waals surface area contributed by atoms with Crippen molar-refractivity contribution in [3.63, 3.8) is 0 Å². The monoisotopic (exact) mass is 269 g/mol. The van der Waals surface area contributed by atoms with Gasteiger partial charge in [0, 0.05) is 5.56 Å². The fourth-order valence-electron chi connectivity index (χ4n) is 1.93. The summed E-state index contributed by atoms with van der Waals surface area (Å²) in [6, 6.07) is 15.9. The van der Waals surface area contributed by atoms with Crippen LogP contribution in [0.4, 0.5) is 0 Å². The number of ether oxygens (including phenoxy) is 1. The third kappa shape index (κ3) is 3.45. The Morgan fingerprint density at radius 2 is 1.75 bits per heavy atom. The van der Waals surface area contributed by atoms with Gasteiger partial charge in [0.15, 0.2) is 5.78 Å². The molecule has 1 atom stereocenters. The van der Waals surface area contributed by atoms with Gasteiger partial charge in [-0.3, -0.25) is 4.79 Å². The Hall–Kier alpha value is -2.13. The van der Waals surface area contributed by atoms with Gasteiger partial charge in [0.05, 0.1) is 12.6 Å². The summed E-state index contributed by atoms with van der Waals surface area (Å²) >= 11 is 0. The van der Waals surface area contributed by atoms with E-state index in [-0.39, 0.29) is 5.78 Å². The Morgan fingerprint density at radius 1 is 1.10 bits per heavy atom. The first-order chi connectivity index (χ1) is 9.72. The minimum Gasteiger partial charge on any atom is -0.494 e. The van der Waals surface area contributed by atoms with Gasteiger partial charge in [-0.05, 0) is 36.2 Å². The second-order valence-corrected chi connectivity index (χ2v) is 4.63. The zero-order valence-corrected chi connectivity index (χ0v) is 11.6. The summed E-state index contributed by atoms with van der Waals surface area (Å²) in [5.41, 5.74) is 7.43. The molecule has 2 aromatic rings. The molecule has 0 aliphatic carbocycles. The number of ketones is 1. The minimum atomic E-state index is -0.626. The summed E-state index contributed by atoms with van der Waals surface area (Å²) in [6.07, 6.45) is 0.958. The zero-order valence-electron chi connectivity index (χ0n) is 11.6. The average Bonchev–Trinajstić information content (AvgIpc) is 2.53. The molecule has 0 radical (unpaired) electrons. The lowest BCUT2D eigenvalue weighted by Gasteiger charge is -2.11. The van der Waals surface area contributed by atoms with Gasteiger partial charge < -0.3 is 10.5 Å². The second-order valence-electron chi connectivity index (χ2n) is 4.63. The first kappa shape index (κ1) is 14.3. The SMILES string of the molecule is CCCOc1ccc(C(=O)[C@H](N)c2ccccc2)cc1. The van der Waals surface area contributed by atoms with E-state index in [9.17, 15) is 4.79 Å². The number of carbonyl (C=O) groups is 1. The number of carbonyl (C=O) groups excluding carboxylic acids is 1. The van der Waals surface area contributed by atoms with Crippen LogP contribution < -0.4 is 10.5 Å². The lowest BCUT2D eigenvalue weighted by Crippen LogP contribution is -2.21. The quantitative estimate of drug-likeness (QED) is 0.818. The molecule has 0 unspecified atom stereocenters. The third-order valence-corrected chi connectivity index (χ3v) is 3.05. The molecular formula is C17H19NO2. The van der Waals surface area contributed by atoms with Crippen LogP contribution >= 0.6 is 0 Å². The molecule has 0 bridgehead atoms. The number of nitrogens with two attached hydrogens (primary N) is 1. The number of Topliss-reactive ketones (excluding diaryl/α,β-unsaturated/α-hetero) is 1. The van der Waals surface area contributed by atoms with E-state index in [1.165, 1.54) is 0 Å². The maximum absolute atomic E-state index is 12.3. The Balaban J connectivity index is 2.09. The van der Waals surface area contributed by atoms with Gasteiger partial charge in [-0.1, -0.05) is 37.3 Å². The fraction of sp³-hybridized carbons (Fsp3) is 0.235. The van der Waals surface area contributed by atoms with Gasteiger partial charge in [-0.2, -0.15) is 0 Å². The molecule has 0 saturated carbocycles. The highest BCUT2D eigenvalue weighted by molar-refractivity contribution is 6.00. The van der Waals surface area contributed by atoms with Crippen LogP contribution in [0.1, 0.15) is 35.3 Å². The van der Waals surface area contributed by atoms with Crippen molar-refractivity contribution in [1.29, 1.82) is 0 Å². The van der Waals surface area contributed by atoms with E-state index in [2.05, 4.69) is 6.92 Å². The van der Waals surface area contributed by atoms with Crippen molar-refractivity contribution in [1.82, 2.24) is 0 Å². The highest BCUT2D eigenvalue weighted by Gasteiger charge is 2.17. The Morgan fingerprint density at radius 3 is 2.35 bits per heavy atom. The molecule has 3 nitrogen and oxygen atoms in total. The molecule has 0 heterocycles. The first-order valence-electron chi connectivity index (χ1n) is 6.80. The maximum atomic E-state index is 12.3. The predicted molar refractivity (Wildman–Crippen MR) is 79.9 cm³/mol. The van der Waals surface area contributed by atoms with Crippen LogP contribution in [0.25, 0.3) is 0 Å². The van der Waals surface area contributed by atoms with Crippen molar-refractivity contribution < 1.29 is 9.53 Å². The lowest BCUT2D eigenvalue weighted by molar-refractivity contribution is 0.0961. The summed E-state index contributed by atoms with van der Waals surface area (Å²) in [5, 5.41) is 0. The molecule has 0 amide bonds. The van der Waals surface area contributed by atoms with Crippen LogP contribution in [0, 0.1) is 0 Å². The van der Waals surface area contributed by atoms with E-state index in [0.717, 1.165) is 17.7 Å². The van der Waals surface area contributed by atoms with Gasteiger partial charge in [0.2, 0.25) is 0 Å². The van der Waals surface area contributed by atoms with E-state index in [0.29, 0.717) is 12.2 Å². The third-order valence-electron chi connectivity index (χ3n) is 3.05. The van der Waals surface area contributed by atoms with Gasteiger partial charge in [0.1, 0.15) is 5.75 Å². The van der Waals surface area contributed by atoms with Gasteiger partial charge in [-0.25, -0.2) is 0 Å². The molecule has 2 rings (SSSR count). The van der Waals surface area contributed by atoms with Crippen LogP contribution in [0.15, 0.2) is 54.6 Å². The fourth-order valence-corrected chi connectivity index (χ4v) is 1.93. The van der Waals surface area contributed by atoms with Crippen molar-refractivity contribution in [3.8, 4) is 5.75 Å². The zero-order chi connectivity index (χ0) is 14.4.